The average molecular weight is 919 g/mol. The maximum atomic E-state index is 4.42. The molecule has 0 amide bonds. The number of nitrogens with zero attached hydrogens (tertiary/aromatic N) is 4. The Morgan fingerprint density at radius 3 is 1.60 bits per heavy atom. The predicted octanol–water partition coefficient (Wildman–Crippen LogP) is 17.3. The van der Waals surface area contributed by atoms with E-state index in [-0.39, 0.29) is 0 Å². The Kier molecular flexibility index (Phi) is 9.71. The summed E-state index contributed by atoms with van der Waals surface area (Å²) in [4.78, 5) is 6.83. The molecule has 338 valence electrons. The first kappa shape index (κ1) is 41.5. The highest BCUT2D eigenvalue weighted by Crippen LogP contribution is 2.57. The molecule has 0 N–H and O–H groups in total. The van der Waals surface area contributed by atoms with E-state index in [1.165, 1.54) is 66.1 Å². The maximum absolute atomic E-state index is 4.42. The standard InChI is InChI=1S/C68H46N4/c1-5-17-52(18-6-1)68(53-19-7-2-8-20-53)63-26-14-13-25-59(63)60-37-36-58(44-64(60)68)71(57-34-29-48(30-35-57)51-16-15-40-69-46-51)56-32-27-47(28-33-56)49-31-38-65-61(42-49)62-45-66-50(39-41-70(66)54-21-9-3-10-22-54)43-67(62)72(65)55-23-11-4-12-24-55/h1-46H. The molecule has 0 atom stereocenters. The van der Waals surface area contributed by atoms with Crippen molar-refractivity contribution < 1.29 is 0 Å². The fraction of sp³-hybridized carbons (Fsp3) is 0.0147. The molecule has 0 bridgehead atoms. The van der Waals surface area contributed by atoms with Crippen molar-refractivity contribution in [1.82, 2.24) is 14.1 Å². The van der Waals surface area contributed by atoms with E-state index in [0.717, 1.165) is 50.7 Å². The third-order valence-electron chi connectivity index (χ3n) is 14.9. The summed E-state index contributed by atoms with van der Waals surface area (Å²) in [5.74, 6) is 0. The molecule has 14 rings (SSSR count). The second kappa shape index (κ2) is 16.9. The third kappa shape index (κ3) is 6.57. The first-order valence-corrected chi connectivity index (χ1v) is 24.7. The molecule has 4 nitrogen and oxygen atoms in total. The van der Waals surface area contributed by atoms with E-state index >= 15 is 0 Å². The zero-order chi connectivity index (χ0) is 47.6. The zero-order valence-electron chi connectivity index (χ0n) is 39.3. The van der Waals surface area contributed by atoms with Crippen molar-refractivity contribution >= 4 is 49.8 Å². The molecule has 0 saturated heterocycles. The molecule has 3 heterocycles. The summed E-state index contributed by atoms with van der Waals surface area (Å²) in [5, 5.41) is 3.64. The molecule has 0 unspecified atom stereocenters. The van der Waals surface area contributed by atoms with Crippen molar-refractivity contribution in [2.45, 2.75) is 5.41 Å². The van der Waals surface area contributed by atoms with Gasteiger partial charge < -0.3 is 14.0 Å². The number of hydrogen-bond donors (Lipinski definition) is 0. The van der Waals surface area contributed by atoms with E-state index in [4.69, 9.17) is 0 Å². The topological polar surface area (TPSA) is 26.0 Å². The molecule has 1 aliphatic carbocycles. The van der Waals surface area contributed by atoms with Gasteiger partial charge in [-0.15, -0.1) is 0 Å². The number of hydrogen-bond acceptors (Lipinski definition) is 2. The minimum Gasteiger partial charge on any atom is -0.317 e. The van der Waals surface area contributed by atoms with Crippen LogP contribution in [0, 0.1) is 0 Å². The first-order valence-electron chi connectivity index (χ1n) is 24.7. The van der Waals surface area contributed by atoms with E-state index in [1.807, 2.05) is 18.5 Å². The monoisotopic (exact) mass is 918 g/mol. The van der Waals surface area contributed by atoms with Gasteiger partial charge in [0.2, 0.25) is 0 Å². The number of rotatable bonds is 9. The van der Waals surface area contributed by atoms with Gasteiger partial charge in [-0.3, -0.25) is 4.98 Å². The summed E-state index contributed by atoms with van der Waals surface area (Å²) in [5.41, 5.74) is 20.6. The van der Waals surface area contributed by atoms with Crippen LogP contribution in [0.25, 0.3) is 77.5 Å². The van der Waals surface area contributed by atoms with Gasteiger partial charge in [-0.05, 0) is 153 Å². The Bertz CT molecular complexity index is 4070. The van der Waals surface area contributed by atoms with Crippen LogP contribution in [-0.2, 0) is 5.41 Å². The molecule has 0 fully saturated rings. The Labute approximate surface area is 418 Å². The van der Waals surface area contributed by atoms with Crippen LogP contribution in [0.5, 0.6) is 0 Å². The molecule has 4 heteroatoms. The highest BCUT2D eigenvalue weighted by atomic mass is 15.1. The number of anilines is 3. The number of fused-ring (bicyclic) bond motifs is 7. The van der Waals surface area contributed by atoms with Gasteiger partial charge in [0, 0.05) is 63.2 Å². The van der Waals surface area contributed by atoms with Gasteiger partial charge in [0.05, 0.1) is 22.0 Å². The van der Waals surface area contributed by atoms with Crippen LogP contribution in [0.2, 0.25) is 0 Å². The van der Waals surface area contributed by atoms with Gasteiger partial charge in [-0.1, -0.05) is 164 Å². The van der Waals surface area contributed by atoms with Crippen molar-refractivity contribution in [1.29, 1.82) is 0 Å². The minimum absolute atomic E-state index is 0.525. The maximum Gasteiger partial charge on any atom is 0.0714 e. The van der Waals surface area contributed by atoms with Crippen LogP contribution >= 0.6 is 0 Å². The van der Waals surface area contributed by atoms with Crippen LogP contribution in [0.3, 0.4) is 0 Å². The van der Waals surface area contributed by atoms with Gasteiger partial charge >= 0.3 is 0 Å². The SMILES string of the molecule is c1ccc(-n2ccc3cc4c(cc32)c2cc(-c3ccc(N(c5ccc(-c6cccnc6)cc5)c5ccc6c(c5)C(c5ccccc5)(c5ccccc5)c5ccccc5-6)cc3)ccc2n4-c2ccccc2)cc1. The molecule has 0 saturated carbocycles. The number of benzene rings is 10. The largest absolute Gasteiger partial charge is 0.317 e. The summed E-state index contributed by atoms with van der Waals surface area (Å²) < 4.78 is 4.71. The van der Waals surface area contributed by atoms with Gasteiger partial charge in [-0.2, -0.15) is 0 Å². The van der Waals surface area contributed by atoms with E-state index in [1.54, 1.807) is 0 Å². The lowest BCUT2D eigenvalue weighted by Crippen LogP contribution is -2.28. The van der Waals surface area contributed by atoms with E-state index in [0.29, 0.717) is 0 Å². The Hall–Kier alpha value is -9.51. The van der Waals surface area contributed by atoms with Gasteiger partial charge in [-0.25, -0.2) is 0 Å². The lowest BCUT2D eigenvalue weighted by atomic mass is 9.67. The van der Waals surface area contributed by atoms with E-state index in [2.05, 4.69) is 280 Å². The molecular weight excluding hydrogens is 873 g/mol. The smallest absolute Gasteiger partial charge is 0.0714 e. The van der Waals surface area contributed by atoms with Gasteiger partial charge in [0.15, 0.2) is 0 Å². The van der Waals surface area contributed by atoms with Gasteiger partial charge in [0.1, 0.15) is 0 Å². The molecule has 72 heavy (non-hydrogen) atoms. The second-order valence-corrected chi connectivity index (χ2v) is 18.8. The lowest BCUT2D eigenvalue weighted by molar-refractivity contribution is 0.768. The van der Waals surface area contributed by atoms with Gasteiger partial charge in [0.25, 0.3) is 0 Å². The summed E-state index contributed by atoms with van der Waals surface area (Å²) in [7, 11) is 0. The van der Waals surface area contributed by atoms with E-state index < -0.39 is 5.41 Å². The van der Waals surface area contributed by atoms with Crippen LogP contribution in [-0.4, -0.2) is 14.1 Å². The Morgan fingerprint density at radius 2 is 0.931 bits per heavy atom. The van der Waals surface area contributed by atoms with Crippen LogP contribution < -0.4 is 4.90 Å². The Morgan fingerprint density at radius 1 is 0.361 bits per heavy atom. The molecule has 0 radical (unpaired) electrons. The van der Waals surface area contributed by atoms with Crippen molar-refractivity contribution in [2.75, 3.05) is 4.90 Å². The third-order valence-corrected chi connectivity index (χ3v) is 14.9. The highest BCUT2D eigenvalue weighted by Gasteiger charge is 2.46. The van der Waals surface area contributed by atoms with Crippen molar-refractivity contribution in [3.8, 4) is 44.8 Å². The molecule has 13 aromatic rings. The number of aromatic nitrogens is 3. The summed E-state index contributed by atoms with van der Waals surface area (Å²) in [6.45, 7) is 0. The fourth-order valence-corrected chi connectivity index (χ4v) is 11.7. The van der Waals surface area contributed by atoms with Crippen molar-refractivity contribution in [3.05, 3.63) is 302 Å². The van der Waals surface area contributed by atoms with Crippen molar-refractivity contribution in [3.63, 3.8) is 0 Å². The fourth-order valence-electron chi connectivity index (χ4n) is 11.7. The summed E-state index contributed by atoms with van der Waals surface area (Å²) in [6, 6.07) is 95.5. The average Bonchev–Trinajstić information content (AvgIpc) is 4.12. The Balaban J connectivity index is 0.924. The number of para-hydroxylation sites is 2. The summed E-state index contributed by atoms with van der Waals surface area (Å²) in [6.07, 6.45) is 5.93. The quantitative estimate of drug-likeness (QED) is 0.144. The van der Waals surface area contributed by atoms with Crippen LogP contribution in [0.1, 0.15) is 22.3 Å². The van der Waals surface area contributed by atoms with Crippen molar-refractivity contribution in [2.24, 2.45) is 0 Å². The summed E-state index contributed by atoms with van der Waals surface area (Å²) >= 11 is 0. The lowest BCUT2D eigenvalue weighted by Gasteiger charge is -2.35. The van der Waals surface area contributed by atoms with Crippen LogP contribution in [0.15, 0.2) is 279 Å². The zero-order valence-corrected chi connectivity index (χ0v) is 39.3. The molecule has 10 aromatic carbocycles. The first-order chi connectivity index (χ1) is 35.7. The molecule has 3 aromatic heterocycles. The molecule has 0 spiro atoms. The minimum atomic E-state index is -0.525. The highest BCUT2D eigenvalue weighted by molar-refractivity contribution is 6.14. The van der Waals surface area contributed by atoms with Crippen LogP contribution in [0.4, 0.5) is 17.1 Å². The molecule has 0 aliphatic heterocycles. The number of pyridine rings is 1. The normalized spacial score (nSPS) is 12.6. The second-order valence-electron chi connectivity index (χ2n) is 18.8. The molecule has 1 aliphatic rings. The van der Waals surface area contributed by atoms with E-state index in [9.17, 15) is 0 Å². The molecular formula is C68H46N4. The predicted molar refractivity (Wildman–Crippen MR) is 298 cm³/mol.